The summed E-state index contributed by atoms with van der Waals surface area (Å²) in [5.41, 5.74) is 2.45. The molecule has 1 aromatic carbocycles. The van der Waals surface area contributed by atoms with Gasteiger partial charge in [-0.15, -0.1) is 0 Å². The molecule has 1 aliphatic rings. The van der Waals surface area contributed by atoms with Gasteiger partial charge in [-0.05, 0) is 57.2 Å². The monoisotopic (exact) mass is 252 g/mol. The zero-order valence-electron chi connectivity index (χ0n) is 11.2. The Morgan fingerprint density at radius 2 is 1.72 bits per heavy atom. The summed E-state index contributed by atoms with van der Waals surface area (Å²) >= 11 is 0. The average molecular weight is 252 g/mol. The smallest absolute Gasteiger partial charge is 0.192 e. The molecule has 4 heteroatoms. The number of hydrogen-bond acceptors (Lipinski definition) is 4. The first-order valence-electron chi connectivity index (χ1n) is 6.14. The van der Waals surface area contributed by atoms with Gasteiger partial charge in [0.25, 0.3) is 0 Å². The largest absolute Gasteiger partial charge is 0.507 e. The molecule has 4 nitrogen and oxygen atoms in total. The van der Waals surface area contributed by atoms with Crippen LogP contribution in [0.15, 0.2) is 0 Å². The second kappa shape index (κ2) is 4.14. The highest BCUT2D eigenvalue weighted by atomic mass is 16.6. The third-order valence-electron chi connectivity index (χ3n) is 4.09. The molecule has 2 rings (SSSR count). The Kier molecular flexibility index (Phi) is 3.03. The van der Waals surface area contributed by atoms with Crippen molar-refractivity contribution >= 4 is 0 Å². The van der Waals surface area contributed by atoms with Crippen LogP contribution in [0.2, 0.25) is 0 Å². The van der Waals surface area contributed by atoms with Crippen LogP contribution in [0.4, 0.5) is 0 Å². The Morgan fingerprint density at radius 3 is 2.28 bits per heavy atom. The predicted molar refractivity (Wildman–Crippen MR) is 67.9 cm³/mol. The molecule has 0 aliphatic carbocycles. The quantitative estimate of drug-likeness (QED) is 0.665. The van der Waals surface area contributed by atoms with Crippen molar-refractivity contribution in [2.75, 3.05) is 0 Å². The first-order valence-corrected chi connectivity index (χ1v) is 6.14. The molecular formula is C14H20O4. The van der Waals surface area contributed by atoms with Crippen LogP contribution in [0.5, 0.6) is 11.5 Å². The molecule has 100 valence electrons. The third-order valence-corrected chi connectivity index (χ3v) is 4.09. The molecule has 0 aromatic heterocycles. The topological polar surface area (TPSA) is 69.9 Å². The molecule has 1 atom stereocenters. The Hall–Kier alpha value is -1.26. The van der Waals surface area contributed by atoms with E-state index in [1.165, 1.54) is 0 Å². The van der Waals surface area contributed by atoms with Crippen LogP contribution in [0.25, 0.3) is 0 Å². The van der Waals surface area contributed by atoms with Crippen molar-refractivity contribution < 1.29 is 20.1 Å². The zero-order valence-corrected chi connectivity index (χ0v) is 11.2. The van der Waals surface area contributed by atoms with Gasteiger partial charge in [-0.25, -0.2) is 0 Å². The Balaban J connectivity index is 2.57. The molecule has 0 bridgehead atoms. The maximum absolute atomic E-state index is 10.0. The summed E-state index contributed by atoms with van der Waals surface area (Å²) in [6.07, 6.45) is -0.329. The minimum atomic E-state index is -1.51. The molecule has 18 heavy (non-hydrogen) atoms. The van der Waals surface area contributed by atoms with Crippen molar-refractivity contribution in [1.82, 2.24) is 0 Å². The van der Waals surface area contributed by atoms with Gasteiger partial charge in [-0.3, -0.25) is 0 Å². The molecule has 1 heterocycles. The van der Waals surface area contributed by atoms with E-state index < -0.39 is 11.9 Å². The van der Waals surface area contributed by atoms with Crippen molar-refractivity contribution in [3.05, 3.63) is 22.3 Å². The van der Waals surface area contributed by atoms with Gasteiger partial charge in [0, 0.05) is 5.56 Å². The normalized spacial score (nSPS) is 22.8. The summed E-state index contributed by atoms with van der Waals surface area (Å²) < 4.78 is 5.82. The molecule has 0 radical (unpaired) electrons. The van der Waals surface area contributed by atoms with Crippen LogP contribution in [-0.4, -0.2) is 27.2 Å². The summed E-state index contributed by atoms with van der Waals surface area (Å²) in [4.78, 5) is 0. The second-order valence-electron chi connectivity index (χ2n) is 5.32. The Labute approximate surface area is 107 Å². The van der Waals surface area contributed by atoms with Crippen molar-refractivity contribution in [1.29, 1.82) is 0 Å². The van der Waals surface area contributed by atoms with Crippen LogP contribution in [0.1, 0.15) is 35.6 Å². The fourth-order valence-electron chi connectivity index (χ4n) is 2.45. The van der Waals surface area contributed by atoms with E-state index in [1.807, 2.05) is 20.8 Å². The van der Waals surface area contributed by atoms with Gasteiger partial charge in [0.2, 0.25) is 0 Å². The molecule has 1 unspecified atom stereocenters. The lowest BCUT2D eigenvalue weighted by atomic mass is 9.87. The summed E-state index contributed by atoms with van der Waals surface area (Å²) in [6.45, 7) is 7.27. The summed E-state index contributed by atoms with van der Waals surface area (Å²) in [6, 6.07) is 0. The van der Waals surface area contributed by atoms with E-state index in [9.17, 15) is 15.3 Å². The average Bonchev–Trinajstić information content (AvgIpc) is 2.33. The number of benzene rings is 1. The third kappa shape index (κ3) is 1.76. The van der Waals surface area contributed by atoms with Crippen LogP contribution in [-0.2, 0) is 6.42 Å². The minimum Gasteiger partial charge on any atom is -0.507 e. The second-order valence-corrected chi connectivity index (χ2v) is 5.32. The van der Waals surface area contributed by atoms with E-state index in [4.69, 9.17) is 4.74 Å². The lowest BCUT2D eigenvalue weighted by molar-refractivity contribution is -0.169. The number of phenolic OH excluding ortho intramolecular Hbond substituents is 1. The van der Waals surface area contributed by atoms with Crippen molar-refractivity contribution in [2.45, 2.75) is 52.4 Å². The molecule has 0 saturated heterocycles. The molecule has 1 aromatic rings. The van der Waals surface area contributed by atoms with E-state index >= 15 is 0 Å². The predicted octanol–water partition coefficient (Wildman–Crippen LogP) is 1.71. The van der Waals surface area contributed by atoms with Gasteiger partial charge in [0.1, 0.15) is 11.5 Å². The van der Waals surface area contributed by atoms with Gasteiger partial charge in [0.15, 0.2) is 11.9 Å². The van der Waals surface area contributed by atoms with Crippen LogP contribution in [0.3, 0.4) is 0 Å². The number of phenols is 1. The molecule has 0 saturated carbocycles. The van der Waals surface area contributed by atoms with E-state index in [1.54, 1.807) is 6.92 Å². The van der Waals surface area contributed by atoms with Gasteiger partial charge >= 0.3 is 0 Å². The van der Waals surface area contributed by atoms with Gasteiger partial charge < -0.3 is 20.1 Å². The molecule has 3 N–H and O–H groups in total. The first-order chi connectivity index (χ1) is 8.28. The van der Waals surface area contributed by atoms with E-state index in [0.29, 0.717) is 24.3 Å². The Morgan fingerprint density at radius 1 is 1.11 bits per heavy atom. The van der Waals surface area contributed by atoms with Crippen molar-refractivity contribution in [3.8, 4) is 11.5 Å². The number of aliphatic hydroxyl groups is 2. The maximum atomic E-state index is 10.0. The van der Waals surface area contributed by atoms with Gasteiger partial charge in [-0.2, -0.15) is 0 Å². The number of aliphatic hydroxyl groups excluding tert-OH is 1. The minimum absolute atomic E-state index is 0.308. The van der Waals surface area contributed by atoms with E-state index in [2.05, 4.69) is 0 Å². The first kappa shape index (κ1) is 13.2. The summed E-state index contributed by atoms with van der Waals surface area (Å²) in [7, 11) is 0. The highest BCUT2D eigenvalue weighted by Crippen LogP contribution is 2.43. The Bertz CT molecular complexity index is 493. The van der Waals surface area contributed by atoms with E-state index in [-0.39, 0.29) is 0 Å². The number of fused-ring (bicyclic) bond motifs is 1. The maximum Gasteiger partial charge on any atom is 0.192 e. The van der Waals surface area contributed by atoms with Crippen molar-refractivity contribution in [3.63, 3.8) is 0 Å². The van der Waals surface area contributed by atoms with Crippen LogP contribution in [0, 0.1) is 20.8 Å². The lowest BCUT2D eigenvalue weighted by Gasteiger charge is -2.38. The fourth-order valence-corrected chi connectivity index (χ4v) is 2.45. The number of aromatic hydroxyl groups is 1. The highest BCUT2D eigenvalue weighted by molar-refractivity contribution is 5.58. The molecule has 1 aliphatic heterocycles. The molecular weight excluding hydrogens is 232 g/mol. The molecule has 0 fully saturated rings. The highest BCUT2D eigenvalue weighted by Gasteiger charge is 2.39. The number of ether oxygens (including phenoxy) is 1. The fraction of sp³-hybridized carbons (Fsp3) is 0.571. The zero-order chi connectivity index (χ0) is 13.7. The standard InChI is InChI=1S/C14H20O4/c1-7-8(2)12-10(9(3)11(7)15)5-6-14(4,18-12)13(16)17/h13,15-17H,5-6H2,1-4H3. The number of rotatable bonds is 1. The van der Waals surface area contributed by atoms with Gasteiger partial charge in [0.05, 0.1) is 0 Å². The summed E-state index contributed by atoms with van der Waals surface area (Å²) in [5.74, 6) is 0.993. The SMILES string of the molecule is Cc1c(C)c2c(c(C)c1O)CCC(C)(C(O)O)O2. The number of hydrogen-bond donors (Lipinski definition) is 3. The molecule has 0 amide bonds. The van der Waals surface area contributed by atoms with Crippen LogP contribution < -0.4 is 4.74 Å². The van der Waals surface area contributed by atoms with E-state index in [0.717, 1.165) is 22.3 Å². The van der Waals surface area contributed by atoms with Crippen LogP contribution >= 0.6 is 0 Å². The van der Waals surface area contributed by atoms with Gasteiger partial charge in [-0.1, -0.05) is 0 Å². The summed E-state index contributed by atoms with van der Waals surface area (Å²) in [5, 5.41) is 28.9. The lowest BCUT2D eigenvalue weighted by Crippen LogP contribution is -2.47. The molecule has 0 spiro atoms. The van der Waals surface area contributed by atoms with Crippen molar-refractivity contribution in [2.24, 2.45) is 0 Å².